The highest BCUT2D eigenvalue weighted by Crippen LogP contribution is 2.28. The highest BCUT2D eigenvalue weighted by atomic mass is 16.6. The summed E-state index contributed by atoms with van der Waals surface area (Å²) in [7, 11) is 3.78. The van der Waals surface area contributed by atoms with Crippen LogP contribution in [0.4, 0.5) is 11.6 Å². The van der Waals surface area contributed by atoms with Gasteiger partial charge in [-0.2, -0.15) is 0 Å². The van der Waals surface area contributed by atoms with Crippen molar-refractivity contribution in [2.75, 3.05) is 12.4 Å². The number of rotatable bonds is 4. The summed E-state index contributed by atoms with van der Waals surface area (Å²) in [5.74, 6) is 1.10. The van der Waals surface area contributed by atoms with Gasteiger partial charge in [0.05, 0.1) is 0 Å². The Balaban J connectivity index is 2.09. The number of nitro groups is 1. The van der Waals surface area contributed by atoms with Gasteiger partial charge in [0.25, 0.3) is 0 Å². The molecule has 7 heteroatoms. The van der Waals surface area contributed by atoms with Crippen LogP contribution in [0.1, 0.15) is 31.5 Å². The third-order valence-electron chi connectivity index (χ3n) is 3.95. The van der Waals surface area contributed by atoms with Crippen LogP contribution in [-0.4, -0.2) is 33.6 Å². The van der Waals surface area contributed by atoms with Crippen LogP contribution in [0.25, 0.3) is 0 Å². The van der Waals surface area contributed by atoms with Gasteiger partial charge in [-0.1, -0.05) is 0 Å². The maximum atomic E-state index is 11.0. The molecule has 19 heavy (non-hydrogen) atoms. The summed E-state index contributed by atoms with van der Waals surface area (Å²) in [6.45, 7) is 1.77. The van der Waals surface area contributed by atoms with Crippen molar-refractivity contribution in [3.63, 3.8) is 0 Å². The summed E-state index contributed by atoms with van der Waals surface area (Å²) in [6.07, 6.45) is 4.23. The van der Waals surface area contributed by atoms with E-state index in [-0.39, 0.29) is 11.9 Å². The van der Waals surface area contributed by atoms with Gasteiger partial charge in [0, 0.05) is 26.1 Å². The first kappa shape index (κ1) is 13.8. The first-order chi connectivity index (χ1) is 9.02. The zero-order valence-corrected chi connectivity index (χ0v) is 11.6. The third-order valence-corrected chi connectivity index (χ3v) is 3.95. The lowest BCUT2D eigenvalue weighted by Crippen LogP contribution is -2.35. The maximum absolute atomic E-state index is 11.0. The van der Waals surface area contributed by atoms with Gasteiger partial charge < -0.3 is 20.7 Å². The summed E-state index contributed by atoms with van der Waals surface area (Å²) in [4.78, 5) is 14.6. The fourth-order valence-corrected chi connectivity index (χ4v) is 2.60. The minimum atomic E-state index is -0.422. The summed E-state index contributed by atoms with van der Waals surface area (Å²) >= 11 is 0. The van der Waals surface area contributed by atoms with Crippen LogP contribution in [0.15, 0.2) is 0 Å². The minimum Gasteiger partial charge on any atom is -0.362 e. The lowest BCUT2D eigenvalue weighted by atomic mass is 9.91. The molecular weight excluding hydrogens is 246 g/mol. The molecule has 106 valence electrons. The van der Waals surface area contributed by atoms with Gasteiger partial charge in [0.15, 0.2) is 0 Å². The zero-order chi connectivity index (χ0) is 14.0. The molecule has 1 aliphatic carbocycles. The van der Waals surface area contributed by atoms with E-state index in [9.17, 15) is 10.1 Å². The average molecular weight is 267 g/mol. The Labute approximate surface area is 112 Å². The molecule has 0 spiro atoms. The molecule has 0 atom stereocenters. The predicted octanol–water partition coefficient (Wildman–Crippen LogP) is 1.58. The van der Waals surface area contributed by atoms with Gasteiger partial charge in [-0.25, -0.2) is 0 Å². The van der Waals surface area contributed by atoms with Crippen LogP contribution in [0.3, 0.4) is 0 Å². The van der Waals surface area contributed by atoms with Gasteiger partial charge in [0.1, 0.15) is 0 Å². The Morgan fingerprint density at radius 3 is 2.42 bits per heavy atom. The van der Waals surface area contributed by atoms with Crippen molar-refractivity contribution in [3.8, 4) is 0 Å². The molecule has 1 aromatic rings. The molecule has 0 aliphatic heterocycles. The number of nitrogens with zero attached hydrogens (tertiary/aromatic N) is 3. The molecule has 7 nitrogen and oxygen atoms in total. The number of anilines is 1. The first-order valence-corrected chi connectivity index (χ1v) is 6.64. The fourth-order valence-electron chi connectivity index (χ4n) is 2.60. The van der Waals surface area contributed by atoms with Crippen molar-refractivity contribution in [1.29, 1.82) is 0 Å². The molecule has 0 amide bonds. The lowest BCUT2D eigenvalue weighted by Gasteiger charge is -2.29. The van der Waals surface area contributed by atoms with Gasteiger partial charge in [-0.15, -0.1) is 0 Å². The molecule has 0 saturated heterocycles. The van der Waals surface area contributed by atoms with Crippen LogP contribution < -0.4 is 10.6 Å². The minimum absolute atomic E-state index is 0.0734. The van der Waals surface area contributed by atoms with E-state index in [1.54, 1.807) is 18.5 Å². The lowest BCUT2D eigenvalue weighted by molar-refractivity contribution is -0.388. The number of aryl methyl sites for hydroxylation is 1. The number of hydrogen-bond acceptors (Lipinski definition) is 5. The summed E-state index contributed by atoms with van der Waals surface area (Å²) in [5.41, 5.74) is 0. The van der Waals surface area contributed by atoms with Crippen molar-refractivity contribution >= 4 is 11.6 Å². The number of aromatic nitrogens is 2. The molecule has 1 aromatic heterocycles. The van der Waals surface area contributed by atoms with Crippen molar-refractivity contribution in [1.82, 2.24) is 14.9 Å². The molecule has 1 aliphatic rings. The van der Waals surface area contributed by atoms with Crippen molar-refractivity contribution < 1.29 is 4.92 Å². The highest BCUT2D eigenvalue weighted by Gasteiger charge is 2.27. The first-order valence-electron chi connectivity index (χ1n) is 6.64. The van der Waals surface area contributed by atoms with E-state index in [1.807, 2.05) is 7.05 Å². The summed E-state index contributed by atoms with van der Waals surface area (Å²) in [5, 5.41) is 17.6. The van der Waals surface area contributed by atoms with E-state index < -0.39 is 4.92 Å². The maximum Gasteiger partial charge on any atom is 0.406 e. The topological polar surface area (TPSA) is 85.0 Å². The predicted molar refractivity (Wildman–Crippen MR) is 73.3 cm³/mol. The number of imidazole rings is 1. The molecule has 0 radical (unpaired) electrons. The number of hydrogen-bond donors (Lipinski definition) is 2. The third kappa shape index (κ3) is 2.86. The average Bonchev–Trinajstić information content (AvgIpc) is 2.68. The van der Waals surface area contributed by atoms with Crippen LogP contribution >= 0.6 is 0 Å². The second kappa shape index (κ2) is 5.56. The van der Waals surface area contributed by atoms with E-state index in [0.717, 1.165) is 25.7 Å². The van der Waals surface area contributed by atoms with E-state index in [0.29, 0.717) is 17.7 Å². The number of nitrogens with one attached hydrogen (secondary N) is 2. The van der Waals surface area contributed by atoms with Crippen molar-refractivity contribution in [2.24, 2.45) is 7.05 Å². The summed E-state index contributed by atoms with van der Waals surface area (Å²) < 4.78 is 1.75. The van der Waals surface area contributed by atoms with E-state index >= 15 is 0 Å². The second-order valence-electron chi connectivity index (χ2n) is 5.13. The monoisotopic (exact) mass is 267 g/mol. The molecule has 0 bridgehead atoms. The van der Waals surface area contributed by atoms with Crippen molar-refractivity contribution in [3.05, 3.63) is 15.9 Å². The Morgan fingerprint density at radius 2 is 1.89 bits per heavy atom. The van der Waals surface area contributed by atoms with Crippen molar-refractivity contribution in [2.45, 2.75) is 44.7 Å². The zero-order valence-electron chi connectivity index (χ0n) is 11.6. The summed E-state index contributed by atoms with van der Waals surface area (Å²) in [6, 6.07) is 0.861. The van der Waals surface area contributed by atoms with Crippen LogP contribution in [0, 0.1) is 17.0 Å². The Bertz CT molecular complexity index is 463. The highest BCUT2D eigenvalue weighted by molar-refractivity contribution is 5.54. The van der Waals surface area contributed by atoms with E-state index in [1.165, 1.54) is 0 Å². The quantitative estimate of drug-likeness (QED) is 0.639. The molecule has 1 heterocycles. The van der Waals surface area contributed by atoms with E-state index in [2.05, 4.69) is 15.6 Å². The van der Waals surface area contributed by atoms with Gasteiger partial charge in [0.2, 0.25) is 11.6 Å². The SMILES string of the molecule is CNC1CCC(Nc2c([N+](=O)[O-])nc(C)n2C)CC1. The Kier molecular flexibility index (Phi) is 4.04. The Hall–Kier alpha value is -1.63. The largest absolute Gasteiger partial charge is 0.406 e. The molecular formula is C12H21N5O2. The molecule has 1 saturated carbocycles. The van der Waals surface area contributed by atoms with Crippen LogP contribution in [0.2, 0.25) is 0 Å². The molecule has 0 unspecified atom stereocenters. The standard InChI is InChI=1S/C12H21N5O2/c1-8-14-12(17(18)19)11(16(8)3)15-10-6-4-9(13-2)5-7-10/h9-10,13,15H,4-7H2,1-3H3. The molecule has 1 fully saturated rings. The van der Waals surface area contributed by atoms with Gasteiger partial charge in [-0.05, 0) is 42.6 Å². The van der Waals surface area contributed by atoms with Gasteiger partial charge >= 0.3 is 5.82 Å². The van der Waals surface area contributed by atoms with Gasteiger partial charge in [-0.3, -0.25) is 4.57 Å². The second-order valence-corrected chi connectivity index (χ2v) is 5.13. The molecule has 2 rings (SSSR count). The smallest absolute Gasteiger partial charge is 0.362 e. The fraction of sp³-hybridized carbons (Fsp3) is 0.750. The van der Waals surface area contributed by atoms with Crippen LogP contribution in [-0.2, 0) is 7.05 Å². The molecule has 0 aromatic carbocycles. The normalized spacial score (nSPS) is 23.3. The van der Waals surface area contributed by atoms with Crippen LogP contribution in [0.5, 0.6) is 0 Å². The van der Waals surface area contributed by atoms with E-state index in [4.69, 9.17) is 0 Å². The molecule has 2 N–H and O–H groups in total. The Morgan fingerprint density at radius 1 is 1.32 bits per heavy atom.